The van der Waals surface area contributed by atoms with Gasteiger partial charge in [0, 0.05) is 10.7 Å². The van der Waals surface area contributed by atoms with Crippen molar-refractivity contribution in [2.24, 2.45) is 0 Å². The normalized spacial score (nSPS) is 12.3. The van der Waals surface area contributed by atoms with Crippen molar-refractivity contribution >= 4 is 38.9 Å². The van der Waals surface area contributed by atoms with Crippen LogP contribution in [0.2, 0.25) is 5.02 Å². The van der Waals surface area contributed by atoms with Gasteiger partial charge in [0.2, 0.25) is 15.9 Å². The first-order valence-corrected chi connectivity index (χ1v) is 10.7. The van der Waals surface area contributed by atoms with Crippen LogP contribution in [0.1, 0.15) is 19.4 Å². The highest BCUT2D eigenvalue weighted by Gasteiger charge is 2.29. The fraction of sp³-hybridized carbons (Fsp3) is 0.316. The second kappa shape index (κ2) is 8.63. The van der Waals surface area contributed by atoms with E-state index in [4.69, 9.17) is 16.3 Å². The third-order valence-corrected chi connectivity index (χ3v) is 5.58. The summed E-state index contributed by atoms with van der Waals surface area (Å²) in [6.45, 7) is 5.75. The van der Waals surface area contributed by atoms with Gasteiger partial charge >= 0.3 is 0 Å². The van der Waals surface area contributed by atoms with E-state index in [1.165, 1.54) is 6.92 Å². The van der Waals surface area contributed by atoms with Crippen LogP contribution in [0.25, 0.3) is 0 Å². The first-order valence-electron chi connectivity index (χ1n) is 8.42. The van der Waals surface area contributed by atoms with Crippen LogP contribution >= 0.6 is 11.6 Å². The van der Waals surface area contributed by atoms with Gasteiger partial charge in [0.25, 0.3) is 0 Å². The Morgan fingerprint density at radius 2 is 1.85 bits per heavy atom. The summed E-state index contributed by atoms with van der Waals surface area (Å²) >= 11 is 6.08. The van der Waals surface area contributed by atoms with Gasteiger partial charge < -0.3 is 10.1 Å². The van der Waals surface area contributed by atoms with Gasteiger partial charge in [-0.25, -0.2) is 8.42 Å². The van der Waals surface area contributed by atoms with Crippen LogP contribution in [-0.4, -0.2) is 33.2 Å². The smallest absolute Gasteiger partial charge is 0.247 e. The number of amides is 1. The van der Waals surface area contributed by atoms with Crippen LogP contribution in [0.5, 0.6) is 5.75 Å². The minimum atomic E-state index is -3.69. The summed E-state index contributed by atoms with van der Waals surface area (Å²) in [6.07, 6.45) is 1.07. The van der Waals surface area contributed by atoms with Gasteiger partial charge in [0.1, 0.15) is 11.8 Å². The minimum absolute atomic E-state index is 0.380. The van der Waals surface area contributed by atoms with E-state index in [1.54, 1.807) is 42.5 Å². The lowest BCUT2D eigenvalue weighted by Gasteiger charge is -2.28. The van der Waals surface area contributed by atoms with Crippen LogP contribution in [-0.2, 0) is 14.8 Å². The zero-order valence-corrected chi connectivity index (χ0v) is 17.3. The number of carbonyl (C=O) groups is 1. The number of aryl methyl sites for hydroxylation is 1. The molecule has 8 heteroatoms. The van der Waals surface area contributed by atoms with E-state index in [0.29, 0.717) is 28.8 Å². The Hall–Kier alpha value is -2.25. The lowest BCUT2D eigenvalue weighted by Crippen LogP contribution is -2.45. The van der Waals surface area contributed by atoms with Crippen molar-refractivity contribution in [2.45, 2.75) is 26.8 Å². The molecule has 0 unspecified atom stereocenters. The van der Waals surface area contributed by atoms with E-state index in [2.05, 4.69) is 5.32 Å². The van der Waals surface area contributed by atoms with E-state index in [0.717, 1.165) is 16.1 Å². The van der Waals surface area contributed by atoms with Crippen molar-refractivity contribution in [2.75, 3.05) is 22.5 Å². The summed E-state index contributed by atoms with van der Waals surface area (Å²) in [6, 6.07) is 10.7. The molecule has 0 saturated carbocycles. The molecular formula is C19H23ClN2O4S. The number of halogens is 1. The first-order chi connectivity index (χ1) is 12.6. The van der Waals surface area contributed by atoms with Crippen molar-refractivity contribution in [1.82, 2.24) is 0 Å². The van der Waals surface area contributed by atoms with Gasteiger partial charge in [-0.1, -0.05) is 17.7 Å². The van der Waals surface area contributed by atoms with Crippen molar-refractivity contribution in [1.29, 1.82) is 0 Å². The van der Waals surface area contributed by atoms with Crippen LogP contribution < -0.4 is 14.4 Å². The molecule has 0 aliphatic carbocycles. The number of hydrogen-bond acceptors (Lipinski definition) is 4. The standard InChI is InChI=1S/C19H23ClN2O4S/c1-5-26-17-10-8-16(9-11-17)22(27(4,24)25)14(3)19(23)21-15-7-6-13(2)18(20)12-15/h6-12,14H,5H2,1-4H3,(H,21,23)/t14-/m1/s1. The Labute approximate surface area is 165 Å². The Kier molecular flexibility index (Phi) is 6.73. The molecule has 6 nitrogen and oxygen atoms in total. The van der Waals surface area contributed by atoms with Gasteiger partial charge in [-0.3, -0.25) is 9.10 Å². The van der Waals surface area contributed by atoms with E-state index in [1.807, 2.05) is 13.8 Å². The number of benzene rings is 2. The Bertz CT molecular complexity index is 914. The molecule has 0 bridgehead atoms. The minimum Gasteiger partial charge on any atom is -0.494 e. The number of hydrogen-bond donors (Lipinski definition) is 1. The number of nitrogens with zero attached hydrogens (tertiary/aromatic N) is 1. The highest BCUT2D eigenvalue weighted by atomic mass is 35.5. The van der Waals surface area contributed by atoms with Crippen molar-refractivity contribution in [3.63, 3.8) is 0 Å². The maximum atomic E-state index is 12.7. The number of ether oxygens (including phenoxy) is 1. The second-order valence-corrected chi connectivity index (χ2v) is 8.38. The van der Waals surface area contributed by atoms with Crippen molar-refractivity contribution in [3.8, 4) is 5.75 Å². The van der Waals surface area contributed by atoms with Gasteiger partial charge in [-0.05, 0) is 62.7 Å². The van der Waals surface area contributed by atoms with Crippen molar-refractivity contribution < 1.29 is 17.9 Å². The monoisotopic (exact) mass is 410 g/mol. The maximum absolute atomic E-state index is 12.7. The largest absolute Gasteiger partial charge is 0.494 e. The average molecular weight is 411 g/mol. The van der Waals surface area contributed by atoms with Gasteiger partial charge in [-0.2, -0.15) is 0 Å². The zero-order chi connectivity index (χ0) is 20.2. The Balaban J connectivity index is 2.27. The fourth-order valence-electron chi connectivity index (χ4n) is 2.58. The molecule has 1 N–H and O–H groups in total. The third-order valence-electron chi connectivity index (χ3n) is 3.93. The second-order valence-electron chi connectivity index (χ2n) is 6.11. The molecule has 0 aromatic heterocycles. The van der Waals surface area contributed by atoms with Gasteiger partial charge in [0.15, 0.2) is 0 Å². The summed E-state index contributed by atoms with van der Waals surface area (Å²) in [5.41, 5.74) is 1.77. The molecule has 0 aliphatic rings. The van der Waals surface area contributed by atoms with E-state index < -0.39 is 22.0 Å². The fourth-order valence-corrected chi connectivity index (χ4v) is 3.94. The number of anilines is 2. The third kappa shape index (κ3) is 5.37. The molecule has 0 fully saturated rings. The summed E-state index contributed by atoms with van der Waals surface area (Å²) in [4.78, 5) is 12.7. The van der Waals surface area contributed by atoms with Gasteiger partial charge in [-0.15, -0.1) is 0 Å². The Morgan fingerprint density at radius 1 is 1.22 bits per heavy atom. The number of sulfonamides is 1. The SMILES string of the molecule is CCOc1ccc(N([C@H](C)C(=O)Nc2ccc(C)c(Cl)c2)S(C)(=O)=O)cc1. The maximum Gasteiger partial charge on any atom is 0.247 e. The Morgan fingerprint density at radius 3 is 2.37 bits per heavy atom. The topological polar surface area (TPSA) is 75.7 Å². The predicted molar refractivity (Wildman–Crippen MR) is 109 cm³/mol. The molecule has 27 heavy (non-hydrogen) atoms. The molecule has 0 saturated heterocycles. The number of rotatable bonds is 7. The summed E-state index contributed by atoms with van der Waals surface area (Å²) in [5, 5.41) is 3.23. The highest BCUT2D eigenvalue weighted by molar-refractivity contribution is 7.92. The summed E-state index contributed by atoms with van der Waals surface area (Å²) in [5.74, 6) is 0.162. The lowest BCUT2D eigenvalue weighted by molar-refractivity contribution is -0.116. The van der Waals surface area contributed by atoms with E-state index in [-0.39, 0.29) is 0 Å². The van der Waals surface area contributed by atoms with Crippen molar-refractivity contribution in [3.05, 3.63) is 53.1 Å². The molecule has 0 spiro atoms. The molecule has 0 aliphatic heterocycles. The zero-order valence-electron chi connectivity index (χ0n) is 15.7. The van der Waals surface area contributed by atoms with E-state index >= 15 is 0 Å². The molecule has 146 valence electrons. The van der Waals surface area contributed by atoms with E-state index in [9.17, 15) is 13.2 Å². The first kappa shape index (κ1) is 21.1. The van der Waals surface area contributed by atoms with Crippen LogP contribution in [0, 0.1) is 6.92 Å². The number of nitrogens with one attached hydrogen (secondary N) is 1. The molecule has 2 aromatic rings. The molecule has 0 radical (unpaired) electrons. The predicted octanol–water partition coefficient (Wildman–Crippen LogP) is 3.84. The lowest BCUT2D eigenvalue weighted by atomic mass is 10.2. The molecule has 1 atom stereocenters. The summed E-state index contributed by atoms with van der Waals surface area (Å²) in [7, 11) is -3.69. The van der Waals surface area contributed by atoms with Crippen LogP contribution in [0.4, 0.5) is 11.4 Å². The molecule has 1 amide bonds. The highest BCUT2D eigenvalue weighted by Crippen LogP contribution is 2.25. The number of carbonyl (C=O) groups excluding carboxylic acids is 1. The van der Waals surface area contributed by atoms with Crippen LogP contribution in [0.3, 0.4) is 0 Å². The van der Waals surface area contributed by atoms with Crippen LogP contribution in [0.15, 0.2) is 42.5 Å². The molecular weight excluding hydrogens is 388 g/mol. The average Bonchev–Trinajstić information content (AvgIpc) is 2.59. The van der Waals surface area contributed by atoms with Gasteiger partial charge in [0.05, 0.1) is 18.6 Å². The molecule has 0 heterocycles. The molecule has 2 aromatic carbocycles. The molecule has 2 rings (SSSR count). The quantitative estimate of drug-likeness (QED) is 0.752. The summed E-state index contributed by atoms with van der Waals surface area (Å²) < 4.78 is 31.1.